The van der Waals surface area contributed by atoms with Crippen LogP contribution < -0.4 is 16.1 Å². The smallest absolute Gasteiger partial charge is 0.271 e. The van der Waals surface area contributed by atoms with E-state index in [1.807, 2.05) is 61.7 Å². The molecule has 0 fully saturated rings. The van der Waals surface area contributed by atoms with Gasteiger partial charge in [0.05, 0.1) is 10.6 Å². The molecule has 24 heavy (non-hydrogen) atoms. The average Bonchev–Trinajstić information content (AvgIpc) is 3.16. The fourth-order valence-corrected chi connectivity index (χ4v) is 2.72. The lowest BCUT2D eigenvalue weighted by Gasteiger charge is -1.93. The number of nitrogens with zero attached hydrogens (tertiary/aromatic N) is 1. The molecule has 0 spiro atoms. The van der Waals surface area contributed by atoms with Gasteiger partial charge in [0.15, 0.2) is 0 Å². The first-order valence-electron chi connectivity index (χ1n) is 7.69. The lowest BCUT2D eigenvalue weighted by Crippen LogP contribution is -2.33. The van der Waals surface area contributed by atoms with Gasteiger partial charge >= 0.3 is 0 Å². The first-order valence-corrected chi connectivity index (χ1v) is 7.69. The molecule has 0 saturated carbocycles. The molecule has 0 atom stereocenters. The largest absolute Gasteiger partial charge is 0.346 e. The summed E-state index contributed by atoms with van der Waals surface area (Å²) in [4.78, 5) is 19.6. The standard InChI is InChI=1S/C19H16N4O/c1-12-4-6-13(7-5-12)9-17-16(19(24)23-22-17)10-14-11-21-18-15(14)3-2-8-20-18/h2-11,22H,1H3,(H,20,21)(H,23,24). The predicted octanol–water partition coefficient (Wildman–Crippen LogP) is 1.55. The minimum absolute atomic E-state index is 0.147. The van der Waals surface area contributed by atoms with Crippen LogP contribution in [0.25, 0.3) is 23.2 Å². The maximum atomic E-state index is 12.2. The van der Waals surface area contributed by atoms with Gasteiger partial charge in [-0.05, 0) is 36.8 Å². The zero-order valence-corrected chi connectivity index (χ0v) is 13.1. The first-order chi connectivity index (χ1) is 11.7. The Morgan fingerprint density at radius 1 is 1.04 bits per heavy atom. The van der Waals surface area contributed by atoms with Crippen LogP contribution in [0.2, 0.25) is 0 Å². The van der Waals surface area contributed by atoms with Crippen molar-refractivity contribution in [3.05, 3.63) is 86.4 Å². The van der Waals surface area contributed by atoms with Gasteiger partial charge in [-0.1, -0.05) is 29.8 Å². The molecule has 3 aromatic heterocycles. The SMILES string of the molecule is Cc1ccc(C=c2[nH][nH]c(=O)c2=Cc2c[nH]c3ncccc23)cc1. The van der Waals surface area contributed by atoms with Crippen molar-refractivity contribution in [2.24, 2.45) is 0 Å². The van der Waals surface area contributed by atoms with Crippen LogP contribution in [0, 0.1) is 6.92 Å². The van der Waals surface area contributed by atoms with E-state index in [-0.39, 0.29) is 5.56 Å². The van der Waals surface area contributed by atoms with E-state index in [1.165, 1.54) is 5.56 Å². The fourth-order valence-electron chi connectivity index (χ4n) is 2.72. The molecule has 3 heterocycles. The monoisotopic (exact) mass is 316 g/mol. The molecule has 0 bridgehead atoms. The van der Waals surface area contributed by atoms with Crippen LogP contribution in [0.3, 0.4) is 0 Å². The second-order valence-electron chi connectivity index (χ2n) is 5.75. The highest BCUT2D eigenvalue weighted by Gasteiger charge is 2.03. The molecule has 1 aromatic carbocycles. The Hall–Kier alpha value is -3.34. The average molecular weight is 316 g/mol. The molecule has 0 saturated heterocycles. The third-order valence-electron chi connectivity index (χ3n) is 4.02. The number of fused-ring (bicyclic) bond motifs is 1. The zero-order valence-electron chi connectivity index (χ0n) is 13.1. The van der Waals surface area contributed by atoms with Gasteiger partial charge in [0.2, 0.25) is 0 Å². The number of H-pyrrole nitrogens is 3. The lowest BCUT2D eigenvalue weighted by atomic mass is 10.1. The first kappa shape index (κ1) is 14.3. The third kappa shape index (κ3) is 2.56. The van der Waals surface area contributed by atoms with E-state index in [1.54, 1.807) is 6.20 Å². The van der Waals surface area contributed by atoms with E-state index >= 15 is 0 Å². The van der Waals surface area contributed by atoms with E-state index < -0.39 is 0 Å². The molecule has 4 rings (SSSR count). The molecular weight excluding hydrogens is 300 g/mol. The minimum Gasteiger partial charge on any atom is -0.346 e. The number of aromatic nitrogens is 4. The number of pyridine rings is 1. The molecule has 0 unspecified atom stereocenters. The van der Waals surface area contributed by atoms with Crippen molar-refractivity contribution in [3.8, 4) is 0 Å². The zero-order chi connectivity index (χ0) is 16.5. The normalized spacial score (nSPS) is 13.0. The highest BCUT2D eigenvalue weighted by molar-refractivity contribution is 5.85. The maximum Gasteiger partial charge on any atom is 0.271 e. The van der Waals surface area contributed by atoms with Crippen LogP contribution in [0.15, 0.2) is 53.6 Å². The van der Waals surface area contributed by atoms with Crippen LogP contribution in [0.1, 0.15) is 16.7 Å². The summed E-state index contributed by atoms with van der Waals surface area (Å²) in [5, 5.41) is 7.94. The van der Waals surface area contributed by atoms with Crippen molar-refractivity contribution >= 4 is 23.2 Å². The van der Waals surface area contributed by atoms with Crippen molar-refractivity contribution in [3.63, 3.8) is 0 Å². The second-order valence-corrected chi connectivity index (χ2v) is 5.75. The molecule has 5 heteroatoms. The van der Waals surface area contributed by atoms with Gasteiger partial charge < -0.3 is 4.98 Å². The summed E-state index contributed by atoms with van der Waals surface area (Å²) < 4.78 is 0. The Balaban J connectivity index is 1.92. The molecular formula is C19H16N4O. The molecule has 0 aliphatic heterocycles. The van der Waals surface area contributed by atoms with Crippen molar-refractivity contribution in [1.29, 1.82) is 0 Å². The maximum absolute atomic E-state index is 12.2. The van der Waals surface area contributed by atoms with E-state index in [0.29, 0.717) is 5.22 Å². The molecule has 4 aromatic rings. The van der Waals surface area contributed by atoms with Crippen LogP contribution in [-0.4, -0.2) is 20.2 Å². The second kappa shape index (κ2) is 5.70. The van der Waals surface area contributed by atoms with Crippen molar-refractivity contribution in [2.45, 2.75) is 6.92 Å². The minimum atomic E-state index is -0.147. The predicted molar refractivity (Wildman–Crippen MR) is 95.1 cm³/mol. The molecule has 0 aliphatic carbocycles. The molecule has 5 nitrogen and oxygen atoms in total. The number of nitrogens with one attached hydrogen (secondary N) is 3. The van der Waals surface area contributed by atoms with Gasteiger partial charge in [0.25, 0.3) is 5.56 Å². The summed E-state index contributed by atoms with van der Waals surface area (Å²) >= 11 is 0. The summed E-state index contributed by atoms with van der Waals surface area (Å²) in [5.41, 5.74) is 3.83. The van der Waals surface area contributed by atoms with E-state index in [9.17, 15) is 4.79 Å². The summed E-state index contributed by atoms with van der Waals surface area (Å²) in [6.07, 6.45) is 7.42. The molecule has 3 N–H and O–H groups in total. The third-order valence-corrected chi connectivity index (χ3v) is 4.02. The number of aromatic amines is 3. The van der Waals surface area contributed by atoms with Crippen molar-refractivity contribution < 1.29 is 0 Å². The number of hydrogen-bond donors (Lipinski definition) is 3. The van der Waals surface area contributed by atoms with E-state index in [2.05, 4.69) is 20.2 Å². The highest BCUT2D eigenvalue weighted by atomic mass is 16.1. The van der Waals surface area contributed by atoms with Gasteiger partial charge in [-0.3, -0.25) is 15.0 Å². The van der Waals surface area contributed by atoms with E-state index in [4.69, 9.17) is 0 Å². The van der Waals surface area contributed by atoms with Crippen LogP contribution in [0.4, 0.5) is 0 Å². The fraction of sp³-hybridized carbons (Fsp3) is 0.0526. The number of aryl methyl sites for hydroxylation is 1. The Morgan fingerprint density at radius 3 is 2.71 bits per heavy atom. The molecule has 0 aliphatic rings. The van der Waals surface area contributed by atoms with Gasteiger partial charge in [0, 0.05) is 23.3 Å². The van der Waals surface area contributed by atoms with Crippen LogP contribution >= 0.6 is 0 Å². The van der Waals surface area contributed by atoms with E-state index in [0.717, 1.165) is 27.5 Å². The Kier molecular flexibility index (Phi) is 3.39. The summed E-state index contributed by atoms with van der Waals surface area (Å²) in [6, 6.07) is 12.0. The summed E-state index contributed by atoms with van der Waals surface area (Å²) in [5.74, 6) is 0. The molecule has 0 radical (unpaired) electrons. The lowest BCUT2D eigenvalue weighted by molar-refractivity contribution is 1.03. The Morgan fingerprint density at radius 2 is 1.88 bits per heavy atom. The molecule has 0 amide bonds. The van der Waals surface area contributed by atoms with Gasteiger partial charge in [-0.25, -0.2) is 4.98 Å². The van der Waals surface area contributed by atoms with Crippen LogP contribution in [0.5, 0.6) is 0 Å². The number of benzene rings is 1. The topological polar surface area (TPSA) is 77.3 Å². The van der Waals surface area contributed by atoms with Gasteiger partial charge in [-0.2, -0.15) is 0 Å². The van der Waals surface area contributed by atoms with Gasteiger partial charge in [-0.15, -0.1) is 0 Å². The van der Waals surface area contributed by atoms with Crippen LogP contribution in [-0.2, 0) is 0 Å². The highest BCUT2D eigenvalue weighted by Crippen LogP contribution is 2.15. The van der Waals surface area contributed by atoms with Crippen molar-refractivity contribution in [2.75, 3.05) is 0 Å². The quantitative estimate of drug-likeness (QED) is 0.525. The Labute approximate surface area is 137 Å². The number of rotatable bonds is 2. The van der Waals surface area contributed by atoms with Gasteiger partial charge in [0.1, 0.15) is 5.65 Å². The molecule has 118 valence electrons. The number of hydrogen-bond acceptors (Lipinski definition) is 2. The Bertz CT molecular complexity index is 1180. The summed E-state index contributed by atoms with van der Waals surface area (Å²) in [6.45, 7) is 2.05. The summed E-state index contributed by atoms with van der Waals surface area (Å²) in [7, 11) is 0. The van der Waals surface area contributed by atoms with Crippen molar-refractivity contribution in [1.82, 2.24) is 20.2 Å².